The van der Waals surface area contributed by atoms with Gasteiger partial charge in [-0.15, -0.1) is 0 Å². The van der Waals surface area contributed by atoms with Crippen molar-refractivity contribution < 1.29 is 14.2 Å². The van der Waals surface area contributed by atoms with E-state index in [0.29, 0.717) is 76.9 Å². The van der Waals surface area contributed by atoms with Crippen LogP contribution in [0.25, 0.3) is 0 Å². The molecular formula is C36H70O3. The summed E-state index contributed by atoms with van der Waals surface area (Å²) in [5.74, 6) is 6.03. The van der Waals surface area contributed by atoms with Crippen molar-refractivity contribution in [2.24, 2.45) is 76.9 Å². The van der Waals surface area contributed by atoms with Gasteiger partial charge in [-0.25, -0.2) is 0 Å². The normalized spacial score (nSPS) is 36.3. The van der Waals surface area contributed by atoms with Crippen LogP contribution in [0.5, 0.6) is 0 Å². The van der Waals surface area contributed by atoms with Crippen LogP contribution < -0.4 is 0 Å². The Hall–Kier alpha value is -0.120. The molecule has 0 amide bonds. The van der Waals surface area contributed by atoms with E-state index in [4.69, 9.17) is 14.2 Å². The SMILES string of the molecule is CC(C)CC1OC(OC2(CC(C)C)OC(CC(C)C)C(C(C)C)C2C(C)C)C(C(C)C)C(C(C)C)C1C(C)C. The van der Waals surface area contributed by atoms with Gasteiger partial charge in [0, 0.05) is 18.3 Å². The summed E-state index contributed by atoms with van der Waals surface area (Å²) in [5.41, 5.74) is 0. The van der Waals surface area contributed by atoms with E-state index in [-0.39, 0.29) is 18.5 Å². The number of hydrogen-bond acceptors (Lipinski definition) is 3. The van der Waals surface area contributed by atoms with Crippen LogP contribution in [-0.2, 0) is 14.2 Å². The maximum atomic E-state index is 7.57. The molecule has 3 heteroatoms. The smallest absolute Gasteiger partial charge is 0.175 e. The average molecular weight is 551 g/mol. The molecule has 2 heterocycles. The molecule has 9 unspecified atom stereocenters. The minimum Gasteiger partial charge on any atom is -0.349 e. The Morgan fingerprint density at radius 3 is 1.36 bits per heavy atom. The van der Waals surface area contributed by atoms with Crippen molar-refractivity contribution >= 4 is 0 Å². The van der Waals surface area contributed by atoms with Crippen molar-refractivity contribution in [1.29, 1.82) is 0 Å². The summed E-state index contributed by atoms with van der Waals surface area (Å²) >= 11 is 0. The van der Waals surface area contributed by atoms with E-state index in [1.54, 1.807) is 0 Å². The highest BCUT2D eigenvalue weighted by molar-refractivity contribution is 5.01. The lowest BCUT2D eigenvalue weighted by Gasteiger charge is -2.54. The summed E-state index contributed by atoms with van der Waals surface area (Å²) in [7, 11) is 0. The molecule has 0 aliphatic carbocycles. The minimum absolute atomic E-state index is 0.222. The molecule has 2 aliphatic heterocycles. The average Bonchev–Trinajstić information content (AvgIpc) is 3.04. The van der Waals surface area contributed by atoms with Gasteiger partial charge in [-0.2, -0.15) is 0 Å². The molecule has 0 aromatic rings. The van der Waals surface area contributed by atoms with Gasteiger partial charge in [0.15, 0.2) is 12.1 Å². The molecule has 0 radical (unpaired) electrons. The third-order valence-electron chi connectivity index (χ3n) is 9.86. The molecule has 9 atom stereocenters. The monoisotopic (exact) mass is 551 g/mol. The Morgan fingerprint density at radius 1 is 0.513 bits per heavy atom. The summed E-state index contributed by atoms with van der Waals surface area (Å²) in [5, 5.41) is 0. The van der Waals surface area contributed by atoms with Crippen molar-refractivity contribution in [2.45, 2.75) is 154 Å². The second kappa shape index (κ2) is 14.4. The van der Waals surface area contributed by atoms with E-state index in [1.807, 2.05) is 0 Å². The lowest BCUT2D eigenvalue weighted by molar-refractivity contribution is -0.371. The van der Waals surface area contributed by atoms with E-state index in [0.717, 1.165) is 19.3 Å². The number of ether oxygens (including phenoxy) is 3. The quantitative estimate of drug-likeness (QED) is 0.228. The predicted molar refractivity (Wildman–Crippen MR) is 167 cm³/mol. The largest absolute Gasteiger partial charge is 0.349 e. The zero-order valence-corrected chi connectivity index (χ0v) is 29.1. The highest BCUT2D eigenvalue weighted by Gasteiger charge is 2.60. The lowest BCUT2D eigenvalue weighted by atomic mass is 9.62. The van der Waals surface area contributed by atoms with Crippen molar-refractivity contribution in [2.75, 3.05) is 0 Å². The summed E-state index contributed by atoms with van der Waals surface area (Å²) in [6.07, 6.45) is 3.32. The van der Waals surface area contributed by atoms with Crippen LogP contribution in [0.2, 0.25) is 0 Å². The second-order valence-electron chi connectivity index (χ2n) is 16.5. The third kappa shape index (κ3) is 8.25. The summed E-state index contributed by atoms with van der Waals surface area (Å²) in [6.45, 7) is 38.1. The second-order valence-corrected chi connectivity index (χ2v) is 16.5. The van der Waals surface area contributed by atoms with Crippen LogP contribution in [0.4, 0.5) is 0 Å². The van der Waals surface area contributed by atoms with E-state index in [2.05, 4.69) is 111 Å². The standard InChI is InChI=1S/C36H70O3/c1-20(2)17-28-30(23(7)8)32(25(11)12)33(26(13)14)35(37-28)39-36(19-22(5)6)34(27(15)16)31(24(9)10)29(38-36)18-21(3)4/h20-35H,17-19H2,1-16H3. The van der Waals surface area contributed by atoms with Gasteiger partial charge in [0.05, 0.1) is 12.2 Å². The molecule has 0 aromatic heterocycles. The van der Waals surface area contributed by atoms with Gasteiger partial charge in [-0.3, -0.25) is 0 Å². The van der Waals surface area contributed by atoms with Crippen LogP contribution in [0.15, 0.2) is 0 Å². The highest BCUT2D eigenvalue weighted by atomic mass is 16.8. The summed E-state index contributed by atoms with van der Waals surface area (Å²) in [6, 6.07) is 0. The Balaban J connectivity index is 2.68. The maximum absolute atomic E-state index is 7.57. The van der Waals surface area contributed by atoms with Gasteiger partial charge in [-0.1, -0.05) is 111 Å². The highest BCUT2D eigenvalue weighted by Crippen LogP contribution is 2.56. The van der Waals surface area contributed by atoms with Crippen molar-refractivity contribution in [3.05, 3.63) is 0 Å². The molecule has 0 bridgehead atoms. The Kier molecular flexibility index (Phi) is 12.9. The first-order chi connectivity index (χ1) is 17.9. The minimum atomic E-state index is -0.608. The van der Waals surface area contributed by atoms with Crippen LogP contribution in [0.3, 0.4) is 0 Å². The van der Waals surface area contributed by atoms with E-state index in [9.17, 15) is 0 Å². The van der Waals surface area contributed by atoms with E-state index in [1.165, 1.54) is 0 Å². The number of hydrogen-bond donors (Lipinski definition) is 0. The molecule has 2 aliphatic rings. The third-order valence-corrected chi connectivity index (χ3v) is 9.86. The predicted octanol–water partition coefficient (Wildman–Crippen LogP) is 10.3. The molecule has 3 nitrogen and oxygen atoms in total. The van der Waals surface area contributed by atoms with Crippen molar-refractivity contribution in [1.82, 2.24) is 0 Å². The summed E-state index contributed by atoms with van der Waals surface area (Å²) in [4.78, 5) is 0. The van der Waals surface area contributed by atoms with Gasteiger partial charge in [0.1, 0.15) is 0 Å². The molecular weight excluding hydrogens is 480 g/mol. The fourth-order valence-electron chi connectivity index (χ4n) is 8.85. The van der Waals surface area contributed by atoms with Crippen LogP contribution in [0, 0.1) is 76.9 Å². The van der Waals surface area contributed by atoms with Crippen molar-refractivity contribution in [3.63, 3.8) is 0 Å². The summed E-state index contributed by atoms with van der Waals surface area (Å²) < 4.78 is 22.1. The fraction of sp³-hybridized carbons (Fsp3) is 1.00. The molecule has 0 N–H and O–H groups in total. The van der Waals surface area contributed by atoms with E-state index >= 15 is 0 Å². The van der Waals surface area contributed by atoms with Gasteiger partial charge in [0.25, 0.3) is 0 Å². The molecule has 0 aromatic carbocycles. The lowest BCUT2D eigenvalue weighted by Crippen LogP contribution is -2.57. The molecule has 2 rings (SSSR count). The molecule has 0 spiro atoms. The zero-order valence-electron chi connectivity index (χ0n) is 29.1. The molecule has 0 saturated carbocycles. The maximum Gasteiger partial charge on any atom is 0.175 e. The first-order valence-corrected chi connectivity index (χ1v) is 16.9. The van der Waals surface area contributed by atoms with Gasteiger partial charge in [-0.05, 0) is 77.9 Å². The fourth-order valence-corrected chi connectivity index (χ4v) is 8.85. The van der Waals surface area contributed by atoms with Crippen LogP contribution >= 0.6 is 0 Å². The topological polar surface area (TPSA) is 27.7 Å². The van der Waals surface area contributed by atoms with Crippen LogP contribution in [-0.4, -0.2) is 24.3 Å². The van der Waals surface area contributed by atoms with Crippen molar-refractivity contribution in [3.8, 4) is 0 Å². The Bertz CT molecular complexity index is 708. The molecule has 232 valence electrons. The Labute approximate surface area is 245 Å². The molecule has 2 saturated heterocycles. The molecule has 2 fully saturated rings. The first-order valence-electron chi connectivity index (χ1n) is 16.9. The van der Waals surface area contributed by atoms with Crippen LogP contribution in [0.1, 0.15) is 130 Å². The molecule has 39 heavy (non-hydrogen) atoms. The van der Waals surface area contributed by atoms with Gasteiger partial charge < -0.3 is 14.2 Å². The Morgan fingerprint density at radius 2 is 0.974 bits per heavy atom. The van der Waals surface area contributed by atoms with Gasteiger partial charge >= 0.3 is 0 Å². The number of rotatable bonds is 13. The van der Waals surface area contributed by atoms with E-state index < -0.39 is 5.79 Å². The first kappa shape index (κ1) is 35.1. The van der Waals surface area contributed by atoms with Gasteiger partial charge in [0.2, 0.25) is 0 Å². The zero-order chi connectivity index (χ0) is 30.0.